The first kappa shape index (κ1) is 22.8. The van der Waals surface area contributed by atoms with E-state index in [1.165, 1.54) is 10.6 Å². The SMILES string of the molecule is Cc1cc(OCc2c(F)cccc2F)n2nc(C)c(C(=O)CCC(C)(N)CCF)c2c1. The number of halogens is 3. The molecule has 0 spiro atoms. The molecule has 1 unspecified atom stereocenters. The highest BCUT2D eigenvalue weighted by atomic mass is 19.1. The van der Waals surface area contributed by atoms with Crippen LogP contribution in [0.15, 0.2) is 30.3 Å². The van der Waals surface area contributed by atoms with Crippen molar-refractivity contribution >= 4 is 11.3 Å². The van der Waals surface area contributed by atoms with Gasteiger partial charge in [-0.2, -0.15) is 5.10 Å². The lowest BCUT2D eigenvalue weighted by atomic mass is 9.91. The van der Waals surface area contributed by atoms with Gasteiger partial charge in [0.25, 0.3) is 0 Å². The summed E-state index contributed by atoms with van der Waals surface area (Å²) in [4.78, 5) is 12.9. The molecule has 0 saturated carbocycles. The number of carbonyl (C=O) groups is 1. The minimum absolute atomic E-state index is 0.153. The van der Waals surface area contributed by atoms with Gasteiger partial charge in [0.15, 0.2) is 5.78 Å². The Balaban J connectivity index is 1.90. The third-order valence-electron chi connectivity index (χ3n) is 5.31. The Bertz CT molecular complexity index is 1090. The van der Waals surface area contributed by atoms with Crippen molar-refractivity contribution in [2.75, 3.05) is 6.67 Å². The van der Waals surface area contributed by atoms with Crippen LogP contribution in [0, 0.1) is 25.5 Å². The van der Waals surface area contributed by atoms with Crippen LogP contribution in [-0.2, 0) is 6.61 Å². The summed E-state index contributed by atoms with van der Waals surface area (Å²) < 4.78 is 47.7. The van der Waals surface area contributed by atoms with Crippen LogP contribution in [0.4, 0.5) is 13.2 Å². The Morgan fingerprint density at radius 1 is 1.19 bits per heavy atom. The predicted molar refractivity (Wildman–Crippen MR) is 112 cm³/mol. The minimum Gasteiger partial charge on any atom is -0.473 e. The molecule has 2 heterocycles. The zero-order valence-corrected chi connectivity index (χ0v) is 17.8. The largest absolute Gasteiger partial charge is 0.473 e. The molecule has 0 aliphatic rings. The molecular weight excluding hydrogens is 407 g/mol. The number of hydrogen-bond donors (Lipinski definition) is 1. The van der Waals surface area contributed by atoms with Crippen LogP contribution in [-0.4, -0.2) is 27.6 Å². The number of aryl methyl sites for hydroxylation is 2. The molecule has 0 aliphatic heterocycles. The average Bonchev–Trinajstić information content (AvgIpc) is 3.01. The van der Waals surface area contributed by atoms with Crippen molar-refractivity contribution in [3.05, 3.63) is 64.4 Å². The Morgan fingerprint density at radius 2 is 1.87 bits per heavy atom. The van der Waals surface area contributed by atoms with Gasteiger partial charge in [-0.05, 0) is 57.4 Å². The number of ketones is 1. The predicted octanol–water partition coefficient (Wildman–Crippen LogP) is 4.85. The van der Waals surface area contributed by atoms with Gasteiger partial charge in [-0.3, -0.25) is 9.18 Å². The smallest absolute Gasteiger partial charge is 0.215 e. The van der Waals surface area contributed by atoms with Gasteiger partial charge in [-0.1, -0.05) is 6.07 Å². The summed E-state index contributed by atoms with van der Waals surface area (Å²) in [5.74, 6) is -1.29. The normalized spacial score (nSPS) is 13.4. The molecule has 1 atom stereocenters. The van der Waals surface area contributed by atoms with Crippen LogP contribution in [0.3, 0.4) is 0 Å². The summed E-state index contributed by atoms with van der Waals surface area (Å²) in [5, 5.41) is 4.41. The molecule has 0 aliphatic carbocycles. The van der Waals surface area contributed by atoms with Crippen LogP contribution >= 0.6 is 0 Å². The first-order chi connectivity index (χ1) is 14.6. The summed E-state index contributed by atoms with van der Waals surface area (Å²) >= 11 is 0. The van der Waals surface area contributed by atoms with Gasteiger partial charge in [0.05, 0.1) is 29.0 Å². The fourth-order valence-electron chi connectivity index (χ4n) is 3.49. The summed E-state index contributed by atoms with van der Waals surface area (Å²) in [6, 6.07) is 7.10. The topological polar surface area (TPSA) is 69.6 Å². The number of fused-ring (bicyclic) bond motifs is 1. The van der Waals surface area contributed by atoms with Crippen LogP contribution in [0.5, 0.6) is 5.88 Å². The molecule has 8 heteroatoms. The monoisotopic (exact) mass is 433 g/mol. The summed E-state index contributed by atoms with van der Waals surface area (Å²) in [5.41, 5.74) is 7.37. The summed E-state index contributed by atoms with van der Waals surface area (Å²) in [6.07, 6.45) is 0.672. The number of pyridine rings is 1. The molecule has 2 aromatic heterocycles. The Hall–Kier alpha value is -2.87. The first-order valence-corrected chi connectivity index (χ1v) is 10.1. The second-order valence-corrected chi connectivity index (χ2v) is 8.13. The second kappa shape index (κ2) is 9.09. The molecule has 3 rings (SSSR count). The van der Waals surface area contributed by atoms with Crippen molar-refractivity contribution in [1.29, 1.82) is 0 Å². The lowest BCUT2D eigenvalue weighted by Gasteiger charge is -2.22. The van der Waals surface area contributed by atoms with E-state index in [2.05, 4.69) is 5.10 Å². The first-order valence-electron chi connectivity index (χ1n) is 10.1. The zero-order chi connectivity index (χ0) is 22.8. The van der Waals surface area contributed by atoms with Gasteiger partial charge in [-0.25, -0.2) is 13.3 Å². The van der Waals surface area contributed by atoms with E-state index < -0.39 is 23.8 Å². The van der Waals surface area contributed by atoms with Gasteiger partial charge in [0, 0.05) is 18.0 Å². The van der Waals surface area contributed by atoms with Gasteiger partial charge in [-0.15, -0.1) is 0 Å². The van der Waals surface area contributed by atoms with E-state index in [0.29, 0.717) is 23.2 Å². The van der Waals surface area contributed by atoms with Gasteiger partial charge in [0.1, 0.15) is 18.2 Å². The number of ether oxygens (including phenoxy) is 1. The number of aromatic nitrogens is 2. The Kier molecular flexibility index (Phi) is 6.69. The molecular formula is C23H26F3N3O2. The molecule has 0 bridgehead atoms. The fraction of sp³-hybridized carbons (Fsp3) is 0.391. The van der Waals surface area contributed by atoms with Crippen LogP contribution in [0.25, 0.3) is 5.52 Å². The number of hydrogen-bond acceptors (Lipinski definition) is 4. The Labute approximate surface area is 179 Å². The zero-order valence-electron chi connectivity index (χ0n) is 17.8. The number of Topliss-reactive ketones (excluding diaryl/α,β-unsaturated/α-hetero) is 1. The van der Waals surface area contributed by atoms with E-state index in [9.17, 15) is 18.0 Å². The van der Waals surface area contributed by atoms with Crippen molar-refractivity contribution in [2.24, 2.45) is 5.73 Å². The summed E-state index contributed by atoms with van der Waals surface area (Å²) in [6.45, 7) is 4.39. The van der Waals surface area contributed by atoms with Crippen molar-refractivity contribution in [2.45, 2.75) is 52.2 Å². The minimum atomic E-state index is -0.769. The van der Waals surface area contributed by atoms with Crippen molar-refractivity contribution in [3.8, 4) is 5.88 Å². The van der Waals surface area contributed by atoms with Crippen LogP contribution < -0.4 is 10.5 Å². The molecule has 0 fully saturated rings. The molecule has 3 aromatic rings. The van der Waals surface area contributed by atoms with Crippen LogP contribution in [0.2, 0.25) is 0 Å². The molecule has 2 N–H and O–H groups in total. The number of nitrogens with two attached hydrogens (primary N) is 1. The molecule has 166 valence electrons. The number of benzene rings is 1. The van der Waals surface area contributed by atoms with Crippen molar-refractivity contribution in [1.82, 2.24) is 9.61 Å². The maximum atomic E-state index is 13.9. The van der Waals surface area contributed by atoms with E-state index in [-0.39, 0.29) is 36.7 Å². The molecule has 5 nitrogen and oxygen atoms in total. The summed E-state index contributed by atoms with van der Waals surface area (Å²) in [7, 11) is 0. The van der Waals surface area contributed by atoms with Gasteiger partial charge in [0.2, 0.25) is 5.88 Å². The fourth-order valence-corrected chi connectivity index (χ4v) is 3.49. The lowest BCUT2D eigenvalue weighted by molar-refractivity contribution is 0.0970. The number of alkyl halides is 1. The molecule has 0 saturated heterocycles. The number of rotatable bonds is 9. The van der Waals surface area contributed by atoms with E-state index in [1.807, 2.05) is 6.92 Å². The highest BCUT2D eigenvalue weighted by molar-refractivity contribution is 6.03. The van der Waals surface area contributed by atoms with Gasteiger partial charge < -0.3 is 10.5 Å². The molecule has 31 heavy (non-hydrogen) atoms. The second-order valence-electron chi connectivity index (χ2n) is 8.13. The third-order valence-corrected chi connectivity index (χ3v) is 5.31. The van der Waals surface area contributed by atoms with E-state index in [4.69, 9.17) is 10.5 Å². The average molecular weight is 433 g/mol. The van der Waals surface area contributed by atoms with Gasteiger partial charge >= 0.3 is 0 Å². The molecule has 1 aromatic carbocycles. The maximum Gasteiger partial charge on any atom is 0.215 e. The highest BCUT2D eigenvalue weighted by Gasteiger charge is 2.24. The van der Waals surface area contributed by atoms with E-state index in [1.54, 1.807) is 26.0 Å². The molecule has 0 amide bonds. The van der Waals surface area contributed by atoms with Crippen molar-refractivity contribution in [3.63, 3.8) is 0 Å². The maximum absolute atomic E-state index is 13.9. The van der Waals surface area contributed by atoms with Crippen LogP contribution in [0.1, 0.15) is 53.4 Å². The van der Waals surface area contributed by atoms with E-state index >= 15 is 0 Å². The quantitative estimate of drug-likeness (QED) is 0.490. The standard InChI is InChI=1S/C23H26F3N3O2/c1-14-11-19-22(20(30)7-8-23(3,27)9-10-24)15(2)28-29(19)21(12-14)31-13-16-17(25)5-4-6-18(16)26/h4-6,11-12H,7-10,13,27H2,1-3H3. The Morgan fingerprint density at radius 3 is 2.52 bits per heavy atom. The van der Waals surface area contributed by atoms with Crippen molar-refractivity contribution < 1.29 is 22.7 Å². The van der Waals surface area contributed by atoms with E-state index in [0.717, 1.165) is 17.7 Å². The number of nitrogens with zero attached hydrogens (tertiary/aromatic N) is 2. The molecule has 0 radical (unpaired) electrons. The lowest BCUT2D eigenvalue weighted by Crippen LogP contribution is -2.37. The number of carbonyl (C=O) groups excluding carboxylic acids is 1. The third kappa shape index (κ3) is 5.07. The highest BCUT2D eigenvalue weighted by Crippen LogP contribution is 2.27.